The Kier molecular flexibility index (Phi) is 4.15. The van der Waals surface area contributed by atoms with E-state index < -0.39 is 0 Å². The highest BCUT2D eigenvalue weighted by Crippen LogP contribution is 2.36. The number of thioether (sulfide) groups is 1. The van der Waals surface area contributed by atoms with Crippen LogP contribution in [0.15, 0.2) is 53.4 Å². The zero-order valence-electron chi connectivity index (χ0n) is 11.7. The largest absolute Gasteiger partial charge is 0.492 e. The maximum absolute atomic E-state index is 11.4. The predicted molar refractivity (Wildman–Crippen MR) is 83.1 cm³/mol. The van der Waals surface area contributed by atoms with Gasteiger partial charge < -0.3 is 9.47 Å². The van der Waals surface area contributed by atoms with Crippen LogP contribution in [0.2, 0.25) is 0 Å². The fourth-order valence-corrected chi connectivity index (χ4v) is 3.56. The van der Waals surface area contributed by atoms with Gasteiger partial charge in [0.1, 0.15) is 12.4 Å². The summed E-state index contributed by atoms with van der Waals surface area (Å²) in [5, 5.41) is 0.447. The summed E-state index contributed by atoms with van der Waals surface area (Å²) < 4.78 is 10.5. The van der Waals surface area contributed by atoms with Crippen molar-refractivity contribution in [2.75, 3.05) is 13.7 Å². The molecule has 0 fully saturated rings. The molecule has 1 aliphatic heterocycles. The third-order valence-corrected chi connectivity index (χ3v) is 4.71. The van der Waals surface area contributed by atoms with E-state index in [-0.39, 0.29) is 5.97 Å². The number of hydrogen-bond acceptors (Lipinski definition) is 4. The molecule has 2 aromatic carbocycles. The van der Waals surface area contributed by atoms with E-state index in [0.717, 1.165) is 12.2 Å². The first-order valence-corrected chi connectivity index (χ1v) is 7.70. The molecule has 108 valence electrons. The van der Waals surface area contributed by atoms with Gasteiger partial charge in [-0.25, -0.2) is 4.79 Å². The van der Waals surface area contributed by atoms with E-state index in [2.05, 4.69) is 29.0 Å². The highest BCUT2D eigenvalue weighted by atomic mass is 32.2. The third kappa shape index (κ3) is 3.22. The molecule has 4 heteroatoms. The van der Waals surface area contributed by atoms with Crippen molar-refractivity contribution in [3.8, 4) is 5.75 Å². The third-order valence-electron chi connectivity index (χ3n) is 3.43. The van der Waals surface area contributed by atoms with E-state index in [1.165, 1.54) is 17.6 Å². The number of carbonyl (C=O) groups excluding carboxylic acids is 1. The Hall–Kier alpha value is -1.94. The van der Waals surface area contributed by atoms with Gasteiger partial charge in [-0.15, -0.1) is 11.8 Å². The SMILES string of the molecule is COC(=O)c1ccc(OCC2Cc3ccccc3S2)cc1. The van der Waals surface area contributed by atoms with Crippen molar-refractivity contribution in [3.63, 3.8) is 0 Å². The topological polar surface area (TPSA) is 35.5 Å². The van der Waals surface area contributed by atoms with Gasteiger partial charge in [-0.3, -0.25) is 0 Å². The number of esters is 1. The molecule has 0 aromatic heterocycles. The minimum Gasteiger partial charge on any atom is -0.492 e. The molecule has 0 spiro atoms. The van der Waals surface area contributed by atoms with Crippen molar-refractivity contribution in [3.05, 3.63) is 59.7 Å². The van der Waals surface area contributed by atoms with Crippen LogP contribution < -0.4 is 4.74 Å². The lowest BCUT2D eigenvalue weighted by atomic mass is 10.1. The minimum absolute atomic E-state index is 0.330. The van der Waals surface area contributed by atoms with Gasteiger partial charge in [-0.05, 0) is 42.3 Å². The highest BCUT2D eigenvalue weighted by molar-refractivity contribution is 8.00. The van der Waals surface area contributed by atoms with Crippen molar-refractivity contribution in [1.82, 2.24) is 0 Å². The number of benzene rings is 2. The van der Waals surface area contributed by atoms with E-state index in [4.69, 9.17) is 4.74 Å². The molecule has 3 nitrogen and oxygen atoms in total. The maximum Gasteiger partial charge on any atom is 0.337 e. The lowest BCUT2D eigenvalue weighted by Crippen LogP contribution is -2.13. The lowest BCUT2D eigenvalue weighted by Gasteiger charge is -2.11. The zero-order chi connectivity index (χ0) is 14.7. The van der Waals surface area contributed by atoms with Crippen LogP contribution in [0.5, 0.6) is 5.75 Å². The quantitative estimate of drug-likeness (QED) is 0.809. The molecule has 0 bridgehead atoms. The van der Waals surface area contributed by atoms with Crippen LogP contribution in [0.25, 0.3) is 0 Å². The van der Waals surface area contributed by atoms with Crippen molar-refractivity contribution in [2.45, 2.75) is 16.6 Å². The molecule has 1 aliphatic rings. The van der Waals surface area contributed by atoms with Gasteiger partial charge >= 0.3 is 5.97 Å². The summed E-state index contributed by atoms with van der Waals surface area (Å²) in [7, 11) is 1.38. The average Bonchev–Trinajstić information content (AvgIpc) is 2.95. The Balaban J connectivity index is 1.56. The average molecular weight is 300 g/mol. The van der Waals surface area contributed by atoms with E-state index in [1.54, 1.807) is 24.3 Å². The summed E-state index contributed by atoms with van der Waals surface area (Å²) in [5.74, 6) is 0.447. The first-order valence-electron chi connectivity index (χ1n) is 6.82. The first kappa shape index (κ1) is 14.0. The molecular formula is C17H16O3S. The summed E-state index contributed by atoms with van der Waals surface area (Å²) in [5.41, 5.74) is 1.93. The Morgan fingerprint density at radius 3 is 2.67 bits per heavy atom. The normalized spacial score (nSPS) is 16.3. The van der Waals surface area contributed by atoms with E-state index in [1.807, 2.05) is 11.8 Å². The molecule has 21 heavy (non-hydrogen) atoms. The van der Waals surface area contributed by atoms with Gasteiger partial charge in [0.25, 0.3) is 0 Å². The second-order valence-electron chi connectivity index (χ2n) is 4.88. The standard InChI is InChI=1S/C17H16O3S/c1-19-17(18)12-6-8-14(9-7-12)20-11-15-10-13-4-2-3-5-16(13)21-15/h2-9,15H,10-11H2,1H3. The van der Waals surface area contributed by atoms with Crippen molar-refractivity contribution in [2.24, 2.45) is 0 Å². The summed E-state index contributed by atoms with van der Waals surface area (Å²) in [6.45, 7) is 0.664. The van der Waals surface area contributed by atoms with Crippen molar-refractivity contribution < 1.29 is 14.3 Å². The number of ether oxygens (including phenoxy) is 2. The molecule has 1 atom stereocenters. The summed E-state index contributed by atoms with van der Waals surface area (Å²) in [6, 6.07) is 15.5. The number of hydrogen-bond donors (Lipinski definition) is 0. The van der Waals surface area contributed by atoms with Crippen LogP contribution in [-0.4, -0.2) is 24.9 Å². The van der Waals surface area contributed by atoms with E-state index in [0.29, 0.717) is 17.4 Å². The van der Waals surface area contributed by atoms with Crippen LogP contribution in [0.3, 0.4) is 0 Å². The Morgan fingerprint density at radius 1 is 1.19 bits per heavy atom. The molecule has 0 radical (unpaired) electrons. The Bertz CT molecular complexity index is 612. The van der Waals surface area contributed by atoms with E-state index in [9.17, 15) is 4.79 Å². The van der Waals surface area contributed by atoms with Gasteiger partial charge in [0.2, 0.25) is 0 Å². The molecule has 3 rings (SSSR count). The van der Waals surface area contributed by atoms with Crippen LogP contribution in [0.1, 0.15) is 15.9 Å². The summed E-state index contributed by atoms with van der Waals surface area (Å²) in [6.07, 6.45) is 1.04. The van der Waals surface area contributed by atoms with Crippen LogP contribution >= 0.6 is 11.8 Å². The molecule has 0 saturated heterocycles. The molecule has 1 unspecified atom stereocenters. The van der Waals surface area contributed by atoms with Crippen LogP contribution in [-0.2, 0) is 11.2 Å². The zero-order valence-corrected chi connectivity index (χ0v) is 12.6. The molecular weight excluding hydrogens is 284 g/mol. The predicted octanol–water partition coefficient (Wildman–Crippen LogP) is 3.57. The summed E-state index contributed by atoms with van der Waals surface area (Å²) in [4.78, 5) is 12.7. The monoisotopic (exact) mass is 300 g/mol. The molecule has 0 N–H and O–H groups in total. The number of carbonyl (C=O) groups is 1. The van der Waals surface area contributed by atoms with Gasteiger partial charge in [0.05, 0.1) is 12.7 Å². The van der Waals surface area contributed by atoms with Crippen LogP contribution in [0.4, 0.5) is 0 Å². The van der Waals surface area contributed by atoms with Crippen molar-refractivity contribution >= 4 is 17.7 Å². The van der Waals surface area contributed by atoms with Crippen molar-refractivity contribution in [1.29, 1.82) is 0 Å². The first-order chi connectivity index (χ1) is 10.3. The number of rotatable bonds is 4. The van der Waals surface area contributed by atoms with Gasteiger partial charge in [0, 0.05) is 10.1 Å². The molecule has 0 saturated carbocycles. The van der Waals surface area contributed by atoms with Crippen LogP contribution in [0, 0.1) is 0 Å². The Morgan fingerprint density at radius 2 is 1.95 bits per heavy atom. The highest BCUT2D eigenvalue weighted by Gasteiger charge is 2.22. The minimum atomic E-state index is -0.330. The van der Waals surface area contributed by atoms with E-state index >= 15 is 0 Å². The number of fused-ring (bicyclic) bond motifs is 1. The Labute approximate surface area is 128 Å². The fourth-order valence-electron chi connectivity index (χ4n) is 2.34. The maximum atomic E-state index is 11.4. The van der Waals surface area contributed by atoms with Gasteiger partial charge in [0.15, 0.2) is 0 Å². The second-order valence-corrected chi connectivity index (χ2v) is 6.22. The molecule has 1 heterocycles. The van der Waals surface area contributed by atoms with Gasteiger partial charge in [-0.1, -0.05) is 18.2 Å². The second kappa shape index (κ2) is 6.22. The summed E-state index contributed by atoms with van der Waals surface area (Å²) >= 11 is 1.87. The lowest BCUT2D eigenvalue weighted by molar-refractivity contribution is 0.0600. The molecule has 0 amide bonds. The smallest absolute Gasteiger partial charge is 0.337 e. The fraction of sp³-hybridized carbons (Fsp3) is 0.235. The van der Waals surface area contributed by atoms with Gasteiger partial charge in [-0.2, -0.15) is 0 Å². The molecule has 0 aliphatic carbocycles. The number of methoxy groups -OCH3 is 1. The molecule has 2 aromatic rings.